The first-order valence-electron chi connectivity index (χ1n) is 13.1. The molecule has 0 saturated heterocycles. The molecule has 1 rings (SSSR count). The van der Waals surface area contributed by atoms with E-state index in [2.05, 4.69) is 11.4 Å². The van der Waals surface area contributed by atoms with Gasteiger partial charge in [-0.3, -0.25) is 9.79 Å². The summed E-state index contributed by atoms with van der Waals surface area (Å²) in [6.45, 7) is 3.20. The first kappa shape index (κ1) is 34.4. The Balaban J connectivity index is 2.91. The lowest BCUT2D eigenvalue weighted by Crippen LogP contribution is -2.51. The van der Waals surface area contributed by atoms with Gasteiger partial charge in [0.1, 0.15) is 19.3 Å². The molecule has 12 nitrogen and oxygen atoms in total. The van der Waals surface area contributed by atoms with Crippen molar-refractivity contribution in [3.05, 3.63) is 23.9 Å². The fourth-order valence-electron chi connectivity index (χ4n) is 3.89. The monoisotopic (exact) mass is 568 g/mol. The van der Waals surface area contributed by atoms with Crippen LogP contribution in [0.3, 0.4) is 0 Å². The zero-order chi connectivity index (χ0) is 28.8. The summed E-state index contributed by atoms with van der Waals surface area (Å²) < 4.78 is 32.1. The number of phosphoric acid groups is 1. The lowest BCUT2D eigenvalue weighted by Gasteiger charge is -2.36. The minimum absolute atomic E-state index is 0.460. The second kappa shape index (κ2) is 16.4. The molecule has 1 heterocycles. The van der Waals surface area contributed by atoms with Crippen molar-refractivity contribution in [2.24, 2.45) is 0 Å². The SMILES string of the molecule is CCCCCCCCCCC=COC[C@H](O)[C@@]1(CC(O)CO)OC(=O)C(OP(=O)(O)O)=C1OCC(C)(C)O. The number of aliphatic hydroxyl groups excluding tert-OH is 3. The average Bonchev–Trinajstić information content (AvgIpc) is 3.07. The third-order valence-corrected chi connectivity index (χ3v) is 6.21. The van der Waals surface area contributed by atoms with Gasteiger partial charge in [0.25, 0.3) is 5.76 Å². The van der Waals surface area contributed by atoms with Crippen LogP contribution in [0.2, 0.25) is 0 Å². The van der Waals surface area contributed by atoms with E-state index in [0.29, 0.717) is 0 Å². The number of phosphoric ester groups is 1. The maximum absolute atomic E-state index is 12.6. The first-order chi connectivity index (χ1) is 17.8. The Bertz CT molecular complexity index is 816. The maximum atomic E-state index is 12.6. The quantitative estimate of drug-likeness (QED) is 0.0514. The highest BCUT2D eigenvalue weighted by Crippen LogP contribution is 2.47. The van der Waals surface area contributed by atoms with Crippen LogP contribution in [0.25, 0.3) is 0 Å². The molecule has 0 bridgehead atoms. The Morgan fingerprint density at radius 2 is 1.68 bits per heavy atom. The summed E-state index contributed by atoms with van der Waals surface area (Å²) >= 11 is 0. The molecule has 0 aromatic rings. The van der Waals surface area contributed by atoms with Crippen LogP contribution >= 0.6 is 7.82 Å². The largest absolute Gasteiger partial charge is 0.525 e. The summed E-state index contributed by atoms with van der Waals surface area (Å²) in [4.78, 5) is 31.1. The van der Waals surface area contributed by atoms with Crippen molar-refractivity contribution in [3.63, 3.8) is 0 Å². The number of rotatable bonds is 21. The van der Waals surface area contributed by atoms with E-state index in [0.717, 1.165) is 25.7 Å². The Morgan fingerprint density at radius 1 is 1.08 bits per heavy atom. The number of ether oxygens (including phenoxy) is 3. The van der Waals surface area contributed by atoms with Crippen LogP contribution in [0.1, 0.15) is 85.0 Å². The van der Waals surface area contributed by atoms with E-state index >= 15 is 0 Å². The van der Waals surface area contributed by atoms with Crippen molar-refractivity contribution < 1.29 is 58.3 Å². The zero-order valence-corrected chi connectivity index (χ0v) is 23.5. The minimum Gasteiger partial charge on any atom is -0.499 e. The molecular weight excluding hydrogens is 523 g/mol. The summed E-state index contributed by atoms with van der Waals surface area (Å²) in [5.74, 6) is -3.02. The molecule has 0 saturated carbocycles. The molecule has 38 heavy (non-hydrogen) atoms. The Kier molecular flexibility index (Phi) is 14.9. The predicted molar refractivity (Wildman–Crippen MR) is 137 cm³/mol. The lowest BCUT2D eigenvalue weighted by atomic mass is 9.88. The number of carbonyl (C=O) groups excluding carboxylic acids is 1. The van der Waals surface area contributed by atoms with Crippen molar-refractivity contribution >= 4 is 13.8 Å². The van der Waals surface area contributed by atoms with Gasteiger partial charge in [0.2, 0.25) is 5.60 Å². The molecule has 0 aromatic carbocycles. The second-order valence-electron chi connectivity index (χ2n) is 10.1. The number of hydrogen-bond acceptors (Lipinski definition) is 10. The summed E-state index contributed by atoms with van der Waals surface area (Å²) in [7, 11) is -5.27. The van der Waals surface area contributed by atoms with Gasteiger partial charge in [-0.25, -0.2) is 9.36 Å². The average molecular weight is 569 g/mol. The van der Waals surface area contributed by atoms with Gasteiger partial charge in [-0.2, -0.15) is 0 Å². The number of carbonyl (C=O) groups is 1. The third kappa shape index (κ3) is 12.5. The number of hydrogen-bond donors (Lipinski definition) is 6. The van der Waals surface area contributed by atoms with Crippen molar-refractivity contribution in [3.8, 4) is 0 Å². The first-order valence-corrected chi connectivity index (χ1v) is 14.6. The van der Waals surface area contributed by atoms with E-state index in [1.807, 2.05) is 0 Å². The van der Waals surface area contributed by atoms with Gasteiger partial charge in [0.05, 0.1) is 24.6 Å². The van der Waals surface area contributed by atoms with Crippen molar-refractivity contribution in [2.45, 2.75) is 108 Å². The standard InChI is InChI=1S/C25H45O12P/c1-4-5-6-7-8-9-10-11-12-13-14-34-17-20(28)25(15-19(27)16-26)22(35-18-24(2,3)30)21(23(29)36-25)37-38(31,32)33/h13-14,19-20,26-28,30H,4-12,15-18H2,1-3H3,(H2,31,32,33)/t19?,20-,25+/m0/s1. The van der Waals surface area contributed by atoms with E-state index in [9.17, 15) is 39.6 Å². The Morgan fingerprint density at radius 3 is 2.24 bits per heavy atom. The van der Waals surface area contributed by atoms with Crippen molar-refractivity contribution in [1.82, 2.24) is 0 Å². The Hall–Kier alpha value is -1.66. The predicted octanol–water partition coefficient (Wildman–Crippen LogP) is 2.56. The van der Waals surface area contributed by atoms with E-state index in [4.69, 9.17) is 14.2 Å². The van der Waals surface area contributed by atoms with Gasteiger partial charge in [0.15, 0.2) is 5.76 Å². The van der Waals surface area contributed by atoms with Gasteiger partial charge in [0, 0.05) is 6.42 Å². The highest BCUT2D eigenvalue weighted by molar-refractivity contribution is 7.46. The molecule has 6 N–H and O–H groups in total. The molecule has 0 aliphatic carbocycles. The molecule has 1 aliphatic rings. The van der Waals surface area contributed by atoms with Crippen LogP contribution in [-0.4, -0.2) is 79.4 Å². The molecule has 13 heteroatoms. The van der Waals surface area contributed by atoms with Gasteiger partial charge in [-0.15, -0.1) is 0 Å². The molecule has 1 aliphatic heterocycles. The number of unbranched alkanes of at least 4 members (excludes halogenated alkanes) is 8. The molecule has 0 amide bonds. The summed E-state index contributed by atoms with van der Waals surface area (Å²) in [6, 6.07) is 0. The lowest BCUT2D eigenvalue weighted by molar-refractivity contribution is -0.172. The summed E-state index contributed by atoms with van der Waals surface area (Å²) in [5.41, 5.74) is -3.69. The number of aliphatic hydroxyl groups is 4. The minimum atomic E-state index is -5.27. The highest BCUT2D eigenvalue weighted by Gasteiger charge is 2.58. The fourth-order valence-corrected chi connectivity index (χ4v) is 4.29. The van der Waals surface area contributed by atoms with E-state index < -0.39 is 75.0 Å². The molecule has 3 atom stereocenters. The van der Waals surface area contributed by atoms with Crippen LogP contribution < -0.4 is 0 Å². The fraction of sp³-hybridized carbons (Fsp3) is 0.800. The van der Waals surface area contributed by atoms with E-state index in [1.54, 1.807) is 6.08 Å². The van der Waals surface area contributed by atoms with Crippen LogP contribution in [0.4, 0.5) is 0 Å². The smallest absolute Gasteiger partial charge is 0.499 e. The molecule has 1 unspecified atom stereocenters. The van der Waals surface area contributed by atoms with Gasteiger partial charge in [-0.05, 0) is 32.8 Å². The van der Waals surface area contributed by atoms with E-state index in [1.165, 1.54) is 52.2 Å². The molecule has 0 aromatic heterocycles. The second-order valence-corrected chi connectivity index (χ2v) is 11.3. The number of allylic oxidation sites excluding steroid dienone is 1. The van der Waals surface area contributed by atoms with Gasteiger partial charge < -0.3 is 39.2 Å². The van der Waals surface area contributed by atoms with Crippen LogP contribution in [0, 0.1) is 0 Å². The summed E-state index contributed by atoms with van der Waals surface area (Å²) in [6.07, 6.45) is 9.52. The van der Waals surface area contributed by atoms with Crippen LogP contribution in [0.15, 0.2) is 23.9 Å². The van der Waals surface area contributed by atoms with Crippen molar-refractivity contribution in [1.29, 1.82) is 0 Å². The molecular formula is C25H45O12P. The molecule has 0 spiro atoms. The highest BCUT2D eigenvalue weighted by atomic mass is 31.2. The van der Waals surface area contributed by atoms with Gasteiger partial charge in [-0.1, -0.05) is 51.9 Å². The molecule has 0 fully saturated rings. The summed E-state index contributed by atoms with van der Waals surface area (Å²) in [5, 5.41) is 40.6. The normalized spacial score (nSPS) is 20.1. The third-order valence-electron chi connectivity index (χ3n) is 5.79. The maximum Gasteiger partial charge on any atom is 0.525 e. The van der Waals surface area contributed by atoms with Crippen LogP contribution in [-0.2, 0) is 28.1 Å². The van der Waals surface area contributed by atoms with Gasteiger partial charge >= 0.3 is 13.8 Å². The van der Waals surface area contributed by atoms with E-state index in [-0.39, 0.29) is 0 Å². The topological polar surface area (TPSA) is 192 Å². The number of esters is 1. The Labute approximate surface area is 224 Å². The van der Waals surface area contributed by atoms with Crippen LogP contribution in [0.5, 0.6) is 0 Å². The number of cyclic esters (lactones) is 1. The molecule has 222 valence electrons. The molecule has 0 radical (unpaired) electrons. The van der Waals surface area contributed by atoms with Crippen molar-refractivity contribution in [2.75, 3.05) is 19.8 Å². The zero-order valence-electron chi connectivity index (χ0n) is 22.6.